The molecule has 15 heavy (non-hydrogen) atoms. The Labute approximate surface area is 90.6 Å². The van der Waals surface area contributed by atoms with E-state index in [0.29, 0.717) is 5.82 Å². The van der Waals surface area contributed by atoms with Crippen molar-refractivity contribution in [2.75, 3.05) is 19.5 Å². The number of ether oxygens (including phenoxy) is 1. The Morgan fingerprint density at radius 2 is 2.33 bits per heavy atom. The molecule has 1 aromatic heterocycles. The maximum atomic E-state index is 5.98. The SMILES string of the molecule is COCCCC(N)Cc1cccnc1N. The number of rotatable bonds is 6. The van der Waals surface area contributed by atoms with E-state index in [9.17, 15) is 0 Å². The van der Waals surface area contributed by atoms with Crippen molar-refractivity contribution in [2.45, 2.75) is 25.3 Å². The van der Waals surface area contributed by atoms with E-state index in [1.54, 1.807) is 13.3 Å². The molecule has 1 aromatic rings. The molecule has 1 atom stereocenters. The number of hydrogen-bond acceptors (Lipinski definition) is 4. The quantitative estimate of drug-likeness (QED) is 0.684. The molecule has 0 saturated carbocycles. The Kier molecular flexibility index (Phi) is 5.07. The second kappa shape index (κ2) is 6.37. The summed E-state index contributed by atoms with van der Waals surface area (Å²) in [4.78, 5) is 4.03. The van der Waals surface area contributed by atoms with Crippen LogP contribution in [0.15, 0.2) is 18.3 Å². The lowest BCUT2D eigenvalue weighted by molar-refractivity contribution is 0.190. The fourth-order valence-electron chi connectivity index (χ4n) is 1.50. The average molecular weight is 209 g/mol. The number of hydrogen-bond donors (Lipinski definition) is 2. The van der Waals surface area contributed by atoms with Gasteiger partial charge >= 0.3 is 0 Å². The van der Waals surface area contributed by atoms with Gasteiger partial charge in [-0.05, 0) is 30.9 Å². The lowest BCUT2D eigenvalue weighted by atomic mass is 10.0. The molecule has 0 aromatic carbocycles. The molecule has 0 aliphatic rings. The van der Waals surface area contributed by atoms with Gasteiger partial charge in [0.25, 0.3) is 0 Å². The molecular formula is C11H19N3O. The lowest BCUT2D eigenvalue weighted by Gasteiger charge is -2.12. The molecule has 84 valence electrons. The van der Waals surface area contributed by atoms with Crippen LogP contribution in [0.5, 0.6) is 0 Å². The number of nitrogen functional groups attached to an aromatic ring is 1. The van der Waals surface area contributed by atoms with Crippen molar-refractivity contribution in [3.05, 3.63) is 23.9 Å². The van der Waals surface area contributed by atoms with Crippen LogP contribution in [-0.2, 0) is 11.2 Å². The highest BCUT2D eigenvalue weighted by Crippen LogP contribution is 2.11. The maximum Gasteiger partial charge on any atom is 0.126 e. The minimum atomic E-state index is 0.131. The molecule has 0 saturated heterocycles. The van der Waals surface area contributed by atoms with Crippen molar-refractivity contribution in [1.82, 2.24) is 4.98 Å². The fraction of sp³-hybridized carbons (Fsp3) is 0.545. The first kappa shape index (κ1) is 11.9. The third kappa shape index (κ3) is 4.27. The van der Waals surface area contributed by atoms with E-state index in [2.05, 4.69) is 4.98 Å². The van der Waals surface area contributed by atoms with Crippen molar-refractivity contribution < 1.29 is 4.74 Å². The summed E-state index contributed by atoms with van der Waals surface area (Å²) in [5.74, 6) is 0.583. The molecule has 1 rings (SSSR count). The van der Waals surface area contributed by atoms with Gasteiger partial charge < -0.3 is 16.2 Å². The molecule has 1 unspecified atom stereocenters. The van der Waals surface area contributed by atoms with Crippen molar-refractivity contribution in [2.24, 2.45) is 5.73 Å². The fourth-order valence-corrected chi connectivity index (χ4v) is 1.50. The Hall–Kier alpha value is -1.13. The van der Waals surface area contributed by atoms with Crippen molar-refractivity contribution in [3.8, 4) is 0 Å². The van der Waals surface area contributed by atoms with Crippen LogP contribution < -0.4 is 11.5 Å². The first-order valence-electron chi connectivity index (χ1n) is 5.18. The average Bonchev–Trinajstić information content (AvgIpc) is 2.22. The molecule has 0 radical (unpaired) electrons. The molecule has 1 heterocycles. The van der Waals surface area contributed by atoms with Gasteiger partial charge in [0, 0.05) is 26.0 Å². The minimum Gasteiger partial charge on any atom is -0.385 e. The highest BCUT2D eigenvalue weighted by Gasteiger charge is 2.06. The van der Waals surface area contributed by atoms with E-state index in [-0.39, 0.29) is 6.04 Å². The first-order chi connectivity index (χ1) is 7.24. The maximum absolute atomic E-state index is 5.98. The number of pyridine rings is 1. The zero-order valence-corrected chi connectivity index (χ0v) is 9.15. The van der Waals surface area contributed by atoms with Crippen LogP contribution in [0.2, 0.25) is 0 Å². The largest absolute Gasteiger partial charge is 0.385 e. The summed E-state index contributed by atoms with van der Waals surface area (Å²) in [6, 6.07) is 3.98. The van der Waals surface area contributed by atoms with E-state index in [1.165, 1.54) is 0 Å². The highest BCUT2D eigenvalue weighted by molar-refractivity contribution is 5.38. The molecule has 0 fully saturated rings. The molecular weight excluding hydrogens is 190 g/mol. The zero-order valence-electron chi connectivity index (χ0n) is 9.15. The van der Waals surface area contributed by atoms with Crippen LogP contribution in [0.1, 0.15) is 18.4 Å². The Morgan fingerprint density at radius 1 is 1.53 bits per heavy atom. The molecule has 4 nitrogen and oxygen atoms in total. The molecule has 4 N–H and O–H groups in total. The molecule has 0 aliphatic heterocycles. The van der Waals surface area contributed by atoms with E-state index in [0.717, 1.165) is 31.4 Å². The number of nitrogens with two attached hydrogens (primary N) is 2. The number of anilines is 1. The second-order valence-electron chi connectivity index (χ2n) is 3.65. The smallest absolute Gasteiger partial charge is 0.126 e. The topological polar surface area (TPSA) is 74.2 Å². The van der Waals surface area contributed by atoms with Gasteiger partial charge in [0.05, 0.1) is 0 Å². The van der Waals surface area contributed by atoms with Gasteiger partial charge in [-0.1, -0.05) is 6.07 Å². The molecule has 0 amide bonds. The normalized spacial score (nSPS) is 12.7. The van der Waals surface area contributed by atoms with Crippen LogP contribution in [-0.4, -0.2) is 24.7 Å². The number of aromatic nitrogens is 1. The van der Waals surface area contributed by atoms with Gasteiger partial charge in [0.1, 0.15) is 5.82 Å². The summed E-state index contributed by atoms with van der Waals surface area (Å²) in [5.41, 5.74) is 12.7. The molecule has 4 heteroatoms. The predicted molar refractivity (Wildman–Crippen MR) is 61.4 cm³/mol. The third-order valence-corrected chi connectivity index (χ3v) is 2.33. The Balaban J connectivity index is 2.37. The van der Waals surface area contributed by atoms with Crippen molar-refractivity contribution >= 4 is 5.82 Å². The van der Waals surface area contributed by atoms with E-state index in [1.807, 2.05) is 12.1 Å². The van der Waals surface area contributed by atoms with E-state index in [4.69, 9.17) is 16.2 Å². The summed E-state index contributed by atoms with van der Waals surface area (Å²) in [5, 5.41) is 0. The van der Waals surface area contributed by atoms with E-state index < -0.39 is 0 Å². The molecule has 0 bridgehead atoms. The Bertz CT molecular complexity index is 291. The highest BCUT2D eigenvalue weighted by atomic mass is 16.5. The summed E-state index contributed by atoms with van der Waals surface area (Å²) in [6.07, 6.45) is 4.40. The lowest BCUT2D eigenvalue weighted by Crippen LogP contribution is -2.23. The van der Waals surface area contributed by atoms with Gasteiger partial charge in [-0.15, -0.1) is 0 Å². The first-order valence-corrected chi connectivity index (χ1v) is 5.18. The van der Waals surface area contributed by atoms with Gasteiger partial charge in [0.15, 0.2) is 0 Å². The van der Waals surface area contributed by atoms with E-state index >= 15 is 0 Å². The third-order valence-electron chi connectivity index (χ3n) is 2.33. The van der Waals surface area contributed by atoms with Crippen molar-refractivity contribution in [1.29, 1.82) is 0 Å². The second-order valence-corrected chi connectivity index (χ2v) is 3.65. The van der Waals surface area contributed by atoms with Crippen LogP contribution >= 0.6 is 0 Å². The summed E-state index contributed by atoms with van der Waals surface area (Å²) in [7, 11) is 1.70. The summed E-state index contributed by atoms with van der Waals surface area (Å²) >= 11 is 0. The molecule has 0 aliphatic carbocycles. The van der Waals surface area contributed by atoms with Crippen LogP contribution in [0.4, 0.5) is 5.82 Å². The van der Waals surface area contributed by atoms with Gasteiger partial charge in [-0.2, -0.15) is 0 Å². The van der Waals surface area contributed by atoms with Crippen LogP contribution in [0, 0.1) is 0 Å². The zero-order chi connectivity index (χ0) is 11.1. The van der Waals surface area contributed by atoms with Crippen LogP contribution in [0.25, 0.3) is 0 Å². The molecule has 0 spiro atoms. The standard InChI is InChI=1S/C11H19N3O/c1-15-7-3-5-10(12)8-9-4-2-6-14-11(9)13/h2,4,6,10H,3,5,7-8,12H2,1H3,(H2,13,14). The van der Waals surface area contributed by atoms with Crippen LogP contribution in [0.3, 0.4) is 0 Å². The van der Waals surface area contributed by atoms with Gasteiger partial charge in [0.2, 0.25) is 0 Å². The minimum absolute atomic E-state index is 0.131. The monoisotopic (exact) mass is 209 g/mol. The predicted octanol–water partition coefficient (Wildman–Crippen LogP) is 0.960. The summed E-state index contributed by atoms with van der Waals surface area (Å²) in [6.45, 7) is 0.760. The Morgan fingerprint density at radius 3 is 3.00 bits per heavy atom. The summed E-state index contributed by atoms with van der Waals surface area (Å²) < 4.78 is 4.97. The van der Waals surface area contributed by atoms with Gasteiger partial charge in [-0.3, -0.25) is 0 Å². The number of methoxy groups -OCH3 is 1. The number of nitrogens with zero attached hydrogens (tertiary/aromatic N) is 1. The van der Waals surface area contributed by atoms with Gasteiger partial charge in [-0.25, -0.2) is 4.98 Å². The van der Waals surface area contributed by atoms with Crippen molar-refractivity contribution in [3.63, 3.8) is 0 Å².